The second-order valence-electron chi connectivity index (χ2n) is 4.58. The zero-order chi connectivity index (χ0) is 13.1. The minimum atomic E-state index is -0.0891. The molecule has 1 unspecified atom stereocenters. The van der Waals surface area contributed by atoms with Gasteiger partial charge in [0.2, 0.25) is 0 Å². The lowest BCUT2D eigenvalue weighted by Crippen LogP contribution is -2.13. The number of halogens is 1. The summed E-state index contributed by atoms with van der Waals surface area (Å²) in [6, 6.07) is 14.2. The van der Waals surface area contributed by atoms with E-state index in [1.807, 2.05) is 25.1 Å². The molecule has 2 rings (SSSR count). The number of aryl methyl sites for hydroxylation is 2. The molecule has 0 bridgehead atoms. The third-order valence-corrected chi connectivity index (χ3v) is 3.52. The van der Waals surface area contributed by atoms with Crippen molar-refractivity contribution in [1.82, 2.24) is 0 Å². The molecule has 94 valence electrons. The molecule has 0 saturated heterocycles. The van der Waals surface area contributed by atoms with Crippen LogP contribution in [0.15, 0.2) is 42.5 Å². The van der Waals surface area contributed by atoms with E-state index in [-0.39, 0.29) is 6.04 Å². The van der Waals surface area contributed by atoms with Crippen LogP contribution in [0.25, 0.3) is 0 Å². The fraction of sp³-hybridized carbons (Fsp3) is 0.250. The number of hydrogen-bond donors (Lipinski definition) is 1. The molecule has 1 nitrogen and oxygen atoms in total. The molecule has 0 aliphatic rings. The Morgan fingerprint density at radius 1 is 1.17 bits per heavy atom. The topological polar surface area (TPSA) is 26.0 Å². The Kier molecular flexibility index (Phi) is 4.05. The van der Waals surface area contributed by atoms with Crippen molar-refractivity contribution in [3.05, 3.63) is 69.7 Å². The summed E-state index contributed by atoms with van der Waals surface area (Å²) in [4.78, 5) is 0. The highest BCUT2D eigenvalue weighted by Gasteiger charge is 2.11. The van der Waals surface area contributed by atoms with Crippen molar-refractivity contribution in [3.8, 4) is 0 Å². The van der Waals surface area contributed by atoms with E-state index in [0.717, 1.165) is 28.1 Å². The average molecular weight is 260 g/mol. The van der Waals surface area contributed by atoms with Gasteiger partial charge in [-0.15, -0.1) is 0 Å². The molecular formula is C16H18ClN. The van der Waals surface area contributed by atoms with Crippen LogP contribution in [0.1, 0.15) is 35.2 Å². The maximum absolute atomic E-state index is 6.35. The Hall–Kier alpha value is -1.31. The molecule has 2 aromatic carbocycles. The van der Waals surface area contributed by atoms with E-state index in [0.29, 0.717) is 0 Å². The number of benzene rings is 2. The van der Waals surface area contributed by atoms with Gasteiger partial charge in [0.05, 0.1) is 6.04 Å². The van der Waals surface area contributed by atoms with Gasteiger partial charge in [-0.2, -0.15) is 0 Å². The van der Waals surface area contributed by atoms with Crippen molar-refractivity contribution in [1.29, 1.82) is 0 Å². The Morgan fingerprint density at radius 2 is 1.94 bits per heavy atom. The summed E-state index contributed by atoms with van der Waals surface area (Å²) in [5, 5.41) is 0.755. The van der Waals surface area contributed by atoms with Crippen LogP contribution in [-0.2, 0) is 6.42 Å². The molecule has 2 N–H and O–H groups in total. The Bertz CT molecular complexity index is 549. The summed E-state index contributed by atoms with van der Waals surface area (Å²) < 4.78 is 0. The Labute approximate surface area is 114 Å². The molecule has 0 saturated carbocycles. The maximum Gasteiger partial charge on any atom is 0.0554 e. The Morgan fingerprint density at radius 3 is 2.61 bits per heavy atom. The number of hydrogen-bond acceptors (Lipinski definition) is 1. The van der Waals surface area contributed by atoms with Gasteiger partial charge in [0.25, 0.3) is 0 Å². The average Bonchev–Trinajstić information content (AvgIpc) is 2.38. The summed E-state index contributed by atoms with van der Waals surface area (Å²) >= 11 is 5.97. The smallest absolute Gasteiger partial charge is 0.0554 e. The third-order valence-electron chi connectivity index (χ3n) is 3.29. The maximum atomic E-state index is 6.35. The minimum Gasteiger partial charge on any atom is -0.320 e. The summed E-state index contributed by atoms with van der Waals surface area (Å²) in [5.74, 6) is 0. The van der Waals surface area contributed by atoms with E-state index >= 15 is 0 Å². The first-order valence-electron chi connectivity index (χ1n) is 6.22. The molecule has 0 amide bonds. The lowest BCUT2D eigenvalue weighted by molar-refractivity contribution is 0.858. The SMILES string of the molecule is CCc1cccc(C(N)c2ccc(Cl)cc2C)c1. The van der Waals surface area contributed by atoms with E-state index in [1.165, 1.54) is 5.56 Å². The van der Waals surface area contributed by atoms with E-state index < -0.39 is 0 Å². The molecule has 1 atom stereocenters. The minimum absolute atomic E-state index is 0.0891. The lowest BCUT2D eigenvalue weighted by Gasteiger charge is -2.16. The summed E-state index contributed by atoms with van der Waals surface area (Å²) in [7, 11) is 0. The zero-order valence-electron chi connectivity index (χ0n) is 10.8. The van der Waals surface area contributed by atoms with Gasteiger partial charge >= 0.3 is 0 Å². The second-order valence-corrected chi connectivity index (χ2v) is 5.01. The molecule has 0 spiro atoms. The number of nitrogens with two attached hydrogens (primary N) is 1. The first-order chi connectivity index (χ1) is 8.61. The molecule has 0 heterocycles. The van der Waals surface area contributed by atoms with Crippen molar-refractivity contribution in [2.75, 3.05) is 0 Å². The van der Waals surface area contributed by atoms with Crippen LogP contribution >= 0.6 is 11.6 Å². The van der Waals surface area contributed by atoms with Gasteiger partial charge in [-0.05, 0) is 47.7 Å². The first kappa shape index (κ1) is 13.1. The van der Waals surface area contributed by atoms with Crippen LogP contribution < -0.4 is 5.73 Å². The van der Waals surface area contributed by atoms with Gasteiger partial charge in [0.1, 0.15) is 0 Å². The molecule has 18 heavy (non-hydrogen) atoms. The molecule has 0 fully saturated rings. The third kappa shape index (κ3) is 2.74. The van der Waals surface area contributed by atoms with Crippen molar-refractivity contribution < 1.29 is 0 Å². The van der Waals surface area contributed by atoms with E-state index in [4.69, 9.17) is 17.3 Å². The predicted molar refractivity (Wildman–Crippen MR) is 78.0 cm³/mol. The Balaban J connectivity index is 2.37. The normalized spacial score (nSPS) is 12.4. The van der Waals surface area contributed by atoms with Gasteiger partial charge in [-0.3, -0.25) is 0 Å². The lowest BCUT2D eigenvalue weighted by atomic mass is 9.94. The quantitative estimate of drug-likeness (QED) is 0.876. The van der Waals surface area contributed by atoms with Gasteiger partial charge < -0.3 is 5.73 Å². The van der Waals surface area contributed by atoms with Gasteiger partial charge in [0, 0.05) is 5.02 Å². The van der Waals surface area contributed by atoms with E-state index in [2.05, 4.69) is 31.2 Å². The highest BCUT2D eigenvalue weighted by Crippen LogP contribution is 2.25. The predicted octanol–water partition coefficient (Wildman–Crippen LogP) is 4.26. The van der Waals surface area contributed by atoms with Crippen LogP contribution in [0.2, 0.25) is 5.02 Å². The highest BCUT2D eigenvalue weighted by atomic mass is 35.5. The summed E-state index contributed by atoms with van der Waals surface area (Å²) in [6.45, 7) is 4.20. The molecular weight excluding hydrogens is 242 g/mol. The molecule has 2 aromatic rings. The van der Waals surface area contributed by atoms with Gasteiger partial charge in [-0.1, -0.05) is 48.9 Å². The number of rotatable bonds is 3. The van der Waals surface area contributed by atoms with Crippen molar-refractivity contribution in [3.63, 3.8) is 0 Å². The van der Waals surface area contributed by atoms with Crippen LogP contribution in [0.4, 0.5) is 0 Å². The van der Waals surface area contributed by atoms with Crippen LogP contribution in [-0.4, -0.2) is 0 Å². The molecule has 2 heteroatoms. The van der Waals surface area contributed by atoms with Crippen molar-refractivity contribution in [2.24, 2.45) is 5.73 Å². The summed E-state index contributed by atoms with van der Waals surface area (Å²) in [5.41, 5.74) is 11.1. The van der Waals surface area contributed by atoms with Gasteiger partial charge in [0.15, 0.2) is 0 Å². The molecule has 0 radical (unpaired) electrons. The molecule has 0 aliphatic carbocycles. The van der Waals surface area contributed by atoms with Crippen LogP contribution in [0.3, 0.4) is 0 Å². The largest absolute Gasteiger partial charge is 0.320 e. The van der Waals surface area contributed by atoms with Crippen LogP contribution in [0.5, 0.6) is 0 Å². The van der Waals surface area contributed by atoms with Crippen molar-refractivity contribution >= 4 is 11.6 Å². The van der Waals surface area contributed by atoms with E-state index in [1.54, 1.807) is 0 Å². The zero-order valence-corrected chi connectivity index (χ0v) is 11.5. The van der Waals surface area contributed by atoms with Crippen molar-refractivity contribution in [2.45, 2.75) is 26.3 Å². The second kappa shape index (κ2) is 5.55. The van der Waals surface area contributed by atoms with Gasteiger partial charge in [-0.25, -0.2) is 0 Å². The monoisotopic (exact) mass is 259 g/mol. The standard InChI is InChI=1S/C16H18ClN/c1-3-12-5-4-6-13(10-12)16(18)15-8-7-14(17)9-11(15)2/h4-10,16H,3,18H2,1-2H3. The van der Waals surface area contributed by atoms with Crippen LogP contribution in [0, 0.1) is 6.92 Å². The fourth-order valence-corrected chi connectivity index (χ4v) is 2.40. The summed E-state index contributed by atoms with van der Waals surface area (Å²) in [6.07, 6.45) is 1.03. The first-order valence-corrected chi connectivity index (χ1v) is 6.60. The fourth-order valence-electron chi connectivity index (χ4n) is 2.17. The molecule has 0 aromatic heterocycles. The highest BCUT2D eigenvalue weighted by molar-refractivity contribution is 6.30. The molecule has 0 aliphatic heterocycles. The van der Waals surface area contributed by atoms with E-state index in [9.17, 15) is 0 Å².